The van der Waals surface area contributed by atoms with Crippen molar-refractivity contribution in [2.75, 3.05) is 6.61 Å². The van der Waals surface area contributed by atoms with Crippen LogP contribution >= 0.6 is 0 Å². The third-order valence-corrected chi connectivity index (χ3v) is 5.93. The molecule has 0 saturated carbocycles. The molecule has 38 heavy (non-hydrogen) atoms. The third kappa shape index (κ3) is 7.15. The maximum absolute atomic E-state index is 12.9. The number of carbonyl (C=O) groups is 4. The number of aliphatic carboxylic acids is 1. The smallest absolute Gasteiger partial charge is 0.328 e. The minimum absolute atomic E-state index is 0.115. The standard InChI is InChI=1S/C24H31N7O7/c1-12(33)20(24(37)38)31-22(35)18(7-14-9-26-11-28-14)29-23(36)19(10-32)30-21(34)16(25)6-13-8-27-17-5-3-2-4-15(13)17/h2-5,8-9,11-12,16,18-20,27,32-33H,6-7,10,25H2,1H3,(H,26,28)(H,29,36)(H,30,34)(H,31,35)(H,37,38). The first-order valence-electron chi connectivity index (χ1n) is 11.8. The fourth-order valence-electron chi connectivity index (χ4n) is 3.84. The molecule has 0 aliphatic carbocycles. The highest BCUT2D eigenvalue weighted by atomic mass is 16.4. The Balaban J connectivity index is 1.67. The van der Waals surface area contributed by atoms with E-state index in [2.05, 4.69) is 30.9 Å². The van der Waals surface area contributed by atoms with Crippen LogP contribution in [0.1, 0.15) is 18.2 Å². The number of H-pyrrole nitrogens is 2. The average molecular weight is 530 g/mol. The van der Waals surface area contributed by atoms with Gasteiger partial charge in [-0.2, -0.15) is 0 Å². The molecule has 2 aromatic heterocycles. The highest BCUT2D eigenvalue weighted by Crippen LogP contribution is 2.18. The van der Waals surface area contributed by atoms with Gasteiger partial charge in [0.15, 0.2) is 6.04 Å². The number of nitrogens with one attached hydrogen (secondary N) is 5. The monoisotopic (exact) mass is 529 g/mol. The number of carboxylic acids is 1. The van der Waals surface area contributed by atoms with Crippen molar-refractivity contribution in [3.05, 3.63) is 54.2 Å². The molecule has 0 bridgehead atoms. The Morgan fingerprint density at radius 1 is 1.00 bits per heavy atom. The molecule has 0 aliphatic rings. The molecule has 0 aliphatic heterocycles. The second kappa shape index (κ2) is 12.8. The average Bonchev–Trinajstić information content (AvgIpc) is 3.54. The van der Waals surface area contributed by atoms with Crippen LogP contribution in [0.15, 0.2) is 43.0 Å². The van der Waals surface area contributed by atoms with Gasteiger partial charge in [0.2, 0.25) is 17.7 Å². The largest absolute Gasteiger partial charge is 0.480 e. The summed E-state index contributed by atoms with van der Waals surface area (Å²) in [6.07, 6.45) is 3.14. The van der Waals surface area contributed by atoms with Crippen molar-refractivity contribution in [2.24, 2.45) is 5.73 Å². The van der Waals surface area contributed by atoms with Crippen molar-refractivity contribution >= 4 is 34.6 Å². The van der Waals surface area contributed by atoms with Crippen molar-refractivity contribution in [3.63, 3.8) is 0 Å². The van der Waals surface area contributed by atoms with E-state index in [1.807, 2.05) is 24.3 Å². The van der Waals surface area contributed by atoms with Gasteiger partial charge in [-0.3, -0.25) is 14.4 Å². The lowest BCUT2D eigenvalue weighted by Crippen LogP contribution is -2.59. The van der Waals surface area contributed by atoms with Crippen LogP contribution in [0.3, 0.4) is 0 Å². The Morgan fingerprint density at radius 2 is 1.68 bits per heavy atom. The molecule has 5 unspecified atom stereocenters. The van der Waals surface area contributed by atoms with Crippen LogP contribution in [0.5, 0.6) is 0 Å². The fraction of sp³-hybridized carbons (Fsp3) is 0.375. The van der Waals surface area contributed by atoms with E-state index in [1.54, 1.807) is 6.20 Å². The molecule has 14 nitrogen and oxygen atoms in total. The summed E-state index contributed by atoms with van der Waals surface area (Å²) in [5.41, 5.74) is 8.19. The van der Waals surface area contributed by atoms with E-state index in [4.69, 9.17) is 5.73 Å². The van der Waals surface area contributed by atoms with Crippen LogP contribution in [-0.2, 0) is 32.0 Å². The van der Waals surface area contributed by atoms with E-state index in [-0.39, 0.29) is 12.8 Å². The summed E-state index contributed by atoms with van der Waals surface area (Å²) in [5.74, 6) is -3.97. The molecule has 10 N–H and O–H groups in total. The van der Waals surface area contributed by atoms with Gasteiger partial charge in [0.25, 0.3) is 0 Å². The normalized spacial score (nSPS) is 15.2. The van der Waals surface area contributed by atoms with Gasteiger partial charge in [0, 0.05) is 35.4 Å². The molecule has 1 aromatic carbocycles. The van der Waals surface area contributed by atoms with E-state index < -0.39 is 60.6 Å². The fourth-order valence-corrected chi connectivity index (χ4v) is 3.84. The lowest BCUT2D eigenvalue weighted by molar-refractivity contribution is -0.145. The second-order valence-corrected chi connectivity index (χ2v) is 8.82. The number of aliphatic hydroxyl groups is 2. The zero-order valence-corrected chi connectivity index (χ0v) is 20.5. The predicted octanol–water partition coefficient (Wildman–Crippen LogP) is -2.08. The van der Waals surface area contributed by atoms with Crippen molar-refractivity contribution in [3.8, 4) is 0 Å². The molecule has 5 atom stereocenters. The zero-order chi connectivity index (χ0) is 27.8. The highest BCUT2D eigenvalue weighted by Gasteiger charge is 2.32. The summed E-state index contributed by atoms with van der Waals surface area (Å²) >= 11 is 0. The predicted molar refractivity (Wildman–Crippen MR) is 134 cm³/mol. The van der Waals surface area contributed by atoms with Crippen LogP contribution in [0.4, 0.5) is 0 Å². The van der Waals surface area contributed by atoms with E-state index in [1.165, 1.54) is 19.4 Å². The van der Waals surface area contributed by atoms with Crippen LogP contribution in [0.25, 0.3) is 10.9 Å². The summed E-state index contributed by atoms with van der Waals surface area (Å²) in [5, 5.41) is 36.6. The van der Waals surface area contributed by atoms with E-state index >= 15 is 0 Å². The number of nitrogens with two attached hydrogens (primary N) is 1. The van der Waals surface area contributed by atoms with Crippen molar-refractivity contribution in [2.45, 2.75) is 50.0 Å². The first-order chi connectivity index (χ1) is 18.1. The van der Waals surface area contributed by atoms with Gasteiger partial charge in [0.1, 0.15) is 12.1 Å². The Bertz CT molecular complexity index is 1260. The van der Waals surface area contributed by atoms with Crippen molar-refractivity contribution in [1.82, 2.24) is 30.9 Å². The number of carboxylic acid groups (broad SMARTS) is 1. The molecule has 0 radical (unpaired) electrons. The summed E-state index contributed by atoms with van der Waals surface area (Å²) in [7, 11) is 0. The first-order valence-corrected chi connectivity index (χ1v) is 11.8. The van der Waals surface area contributed by atoms with Crippen LogP contribution in [0, 0.1) is 0 Å². The second-order valence-electron chi connectivity index (χ2n) is 8.82. The Hall–Kier alpha value is -4.27. The third-order valence-electron chi connectivity index (χ3n) is 5.93. The summed E-state index contributed by atoms with van der Waals surface area (Å²) in [6.45, 7) is 0.402. The molecule has 3 amide bonds. The van der Waals surface area contributed by atoms with Gasteiger partial charge in [0.05, 0.1) is 25.1 Å². The van der Waals surface area contributed by atoms with Gasteiger partial charge in [-0.15, -0.1) is 0 Å². The minimum atomic E-state index is -1.63. The maximum atomic E-state index is 12.9. The molecule has 0 spiro atoms. The quantitative estimate of drug-likeness (QED) is 0.118. The number of imidazole rings is 1. The molecular formula is C24H31N7O7. The topological polar surface area (TPSA) is 236 Å². The number of rotatable bonds is 13. The first kappa shape index (κ1) is 28.3. The summed E-state index contributed by atoms with van der Waals surface area (Å²) in [6, 6.07) is 2.05. The van der Waals surface area contributed by atoms with Gasteiger partial charge in [-0.1, -0.05) is 18.2 Å². The number of carbonyl (C=O) groups excluding carboxylic acids is 3. The Morgan fingerprint density at radius 3 is 2.32 bits per heavy atom. The van der Waals surface area contributed by atoms with Gasteiger partial charge in [-0.25, -0.2) is 9.78 Å². The van der Waals surface area contributed by atoms with Crippen molar-refractivity contribution in [1.29, 1.82) is 0 Å². The van der Waals surface area contributed by atoms with E-state index in [0.29, 0.717) is 5.69 Å². The minimum Gasteiger partial charge on any atom is -0.480 e. The molecule has 2 heterocycles. The number of hydrogen-bond donors (Lipinski definition) is 9. The number of para-hydroxylation sites is 1. The van der Waals surface area contributed by atoms with Gasteiger partial charge >= 0.3 is 5.97 Å². The molecule has 204 valence electrons. The number of amides is 3. The maximum Gasteiger partial charge on any atom is 0.328 e. The van der Waals surface area contributed by atoms with E-state index in [0.717, 1.165) is 16.5 Å². The number of aromatic amines is 2. The lowest BCUT2D eigenvalue weighted by atomic mass is 10.0. The molecule has 0 saturated heterocycles. The zero-order valence-electron chi connectivity index (χ0n) is 20.5. The molecule has 0 fully saturated rings. The Labute approximate surface area is 217 Å². The SMILES string of the molecule is CC(O)C(NC(=O)C(Cc1cnc[nH]1)NC(=O)C(CO)NC(=O)C(N)Cc1c[nH]c2ccccc12)C(=O)O. The lowest BCUT2D eigenvalue weighted by Gasteiger charge is -2.25. The Kier molecular flexibility index (Phi) is 9.54. The molecule has 3 aromatic rings. The van der Waals surface area contributed by atoms with E-state index in [9.17, 15) is 34.5 Å². The van der Waals surface area contributed by atoms with Gasteiger partial charge in [-0.05, 0) is 25.0 Å². The molecule has 3 rings (SSSR count). The number of hydrogen-bond acceptors (Lipinski definition) is 8. The van der Waals surface area contributed by atoms with Crippen LogP contribution < -0.4 is 21.7 Å². The summed E-state index contributed by atoms with van der Waals surface area (Å²) in [4.78, 5) is 59.6. The summed E-state index contributed by atoms with van der Waals surface area (Å²) < 4.78 is 0. The number of aromatic nitrogens is 3. The number of fused-ring (bicyclic) bond motifs is 1. The molecular weight excluding hydrogens is 498 g/mol. The number of nitrogens with zero attached hydrogens (tertiary/aromatic N) is 1. The highest BCUT2D eigenvalue weighted by molar-refractivity contribution is 5.94. The van der Waals surface area contributed by atoms with Crippen molar-refractivity contribution < 1.29 is 34.5 Å². The number of benzene rings is 1. The van der Waals surface area contributed by atoms with Gasteiger partial charge < -0.3 is 47.0 Å². The van der Waals surface area contributed by atoms with Crippen LogP contribution in [-0.4, -0.2) is 90.8 Å². The number of aliphatic hydroxyl groups excluding tert-OH is 2. The molecule has 14 heteroatoms. The van der Waals surface area contributed by atoms with Crippen LogP contribution in [0.2, 0.25) is 0 Å².